The number of nitrogens with zero attached hydrogens (tertiary/aromatic N) is 1. The normalized spacial score (nSPS) is 15.8. The van der Waals surface area contributed by atoms with Crippen molar-refractivity contribution in [3.63, 3.8) is 0 Å². The molecule has 1 aromatic heterocycles. The number of aryl methyl sites for hydroxylation is 1. The van der Waals surface area contributed by atoms with Gasteiger partial charge >= 0.3 is 0 Å². The highest BCUT2D eigenvalue weighted by atomic mass is 14.9. The highest BCUT2D eigenvalue weighted by Gasteiger charge is 2.12. The van der Waals surface area contributed by atoms with Gasteiger partial charge in [0.25, 0.3) is 0 Å². The average Bonchev–Trinajstić information content (AvgIpc) is 2.41. The number of benzene rings is 1. The fourth-order valence-electron chi connectivity index (χ4n) is 2.40. The molecule has 3 rings (SSSR count). The molecular weight excluding hydrogens is 172 g/mol. The van der Waals surface area contributed by atoms with Gasteiger partial charge in [-0.25, -0.2) is 0 Å². The zero-order valence-corrected chi connectivity index (χ0v) is 8.38. The van der Waals surface area contributed by atoms with E-state index >= 15 is 0 Å². The van der Waals surface area contributed by atoms with Gasteiger partial charge in [-0.3, -0.25) is 0 Å². The van der Waals surface area contributed by atoms with Gasteiger partial charge < -0.3 is 9.88 Å². The van der Waals surface area contributed by atoms with Gasteiger partial charge in [0.05, 0.1) is 0 Å². The number of nitrogens with one attached hydrogen (secondary N) is 1. The first kappa shape index (κ1) is 8.06. The maximum Gasteiger partial charge on any atom is 0.0483 e. The molecule has 0 saturated heterocycles. The lowest BCUT2D eigenvalue weighted by Crippen LogP contribution is -2.13. The van der Waals surface area contributed by atoms with Crippen LogP contribution in [0, 0.1) is 0 Å². The van der Waals surface area contributed by atoms with E-state index < -0.39 is 0 Å². The summed E-state index contributed by atoms with van der Waals surface area (Å²) in [7, 11) is 2.13. The van der Waals surface area contributed by atoms with Crippen molar-refractivity contribution in [2.24, 2.45) is 7.05 Å². The van der Waals surface area contributed by atoms with Crippen molar-refractivity contribution in [3.8, 4) is 0 Å². The van der Waals surface area contributed by atoms with Crippen LogP contribution in [0.25, 0.3) is 10.9 Å². The van der Waals surface area contributed by atoms with Crippen LogP contribution < -0.4 is 5.32 Å². The maximum absolute atomic E-state index is 3.45. The van der Waals surface area contributed by atoms with Crippen LogP contribution in [0.5, 0.6) is 0 Å². The van der Waals surface area contributed by atoms with E-state index in [1.165, 1.54) is 22.0 Å². The second kappa shape index (κ2) is 2.85. The van der Waals surface area contributed by atoms with E-state index in [2.05, 4.69) is 41.3 Å². The molecule has 0 fully saturated rings. The summed E-state index contributed by atoms with van der Waals surface area (Å²) < 4.78 is 2.24. The molecule has 0 atom stereocenters. The van der Waals surface area contributed by atoms with Crippen LogP contribution in [0.4, 0.5) is 0 Å². The molecule has 1 N–H and O–H groups in total. The van der Waals surface area contributed by atoms with Gasteiger partial charge in [0.1, 0.15) is 0 Å². The van der Waals surface area contributed by atoms with Crippen LogP contribution in [-0.2, 0) is 20.0 Å². The van der Waals surface area contributed by atoms with E-state index in [4.69, 9.17) is 0 Å². The molecule has 2 nitrogen and oxygen atoms in total. The summed E-state index contributed by atoms with van der Waals surface area (Å²) >= 11 is 0. The first-order chi connectivity index (χ1) is 6.86. The van der Waals surface area contributed by atoms with Crippen LogP contribution >= 0.6 is 0 Å². The van der Waals surface area contributed by atoms with Crippen molar-refractivity contribution in [2.75, 3.05) is 6.54 Å². The molecule has 14 heavy (non-hydrogen) atoms. The van der Waals surface area contributed by atoms with Gasteiger partial charge in [0.15, 0.2) is 0 Å². The summed E-state index contributed by atoms with van der Waals surface area (Å²) in [6.07, 6.45) is 3.41. The Bertz CT molecular complexity index is 482. The van der Waals surface area contributed by atoms with Crippen molar-refractivity contribution >= 4 is 10.9 Å². The maximum atomic E-state index is 3.45. The molecule has 2 heterocycles. The first-order valence-corrected chi connectivity index (χ1v) is 5.13. The molecule has 0 radical (unpaired) electrons. The lowest BCUT2D eigenvalue weighted by Gasteiger charge is -2.02. The van der Waals surface area contributed by atoms with Gasteiger partial charge in [-0.15, -0.1) is 0 Å². The number of rotatable bonds is 0. The van der Waals surface area contributed by atoms with Crippen LogP contribution in [0.15, 0.2) is 24.4 Å². The SMILES string of the molecule is Cn1cc2c3c(cccc31)CNCC2. The highest BCUT2D eigenvalue weighted by molar-refractivity contribution is 5.87. The fourth-order valence-corrected chi connectivity index (χ4v) is 2.40. The van der Waals surface area contributed by atoms with E-state index in [9.17, 15) is 0 Å². The van der Waals surface area contributed by atoms with E-state index in [1.54, 1.807) is 0 Å². The molecule has 2 aromatic rings. The van der Waals surface area contributed by atoms with Crippen molar-refractivity contribution in [1.82, 2.24) is 9.88 Å². The molecule has 1 aromatic carbocycles. The van der Waals surface area contributed by atoms with E-state index in [-0.39, 0.29) is 0 Å². The first-order valence-electron chi connectivity index (χ1n) is 5.13. The molecule has 0 bridgehead atoms. The van der Waals surface area contributed by atoms with Crippen LogP contribution in [0.3, 0.4) is 0 Å². The summed E-state index contributed by atoms with van der Waals surface area (Å²) in [5, 5.41) is 4.92. The summed E-state index contributed by atoms with van der Waals surface area (Å²) in [4.78, 5) is 0. The molecule has 0 saturated carbocycles. The topological polar surface area (TPSA) is 17.0 Å². The van der Waals surface area contributed by atoms with Crippen molar-refractivity contribution < 1.29 is 0 Å². The smallest absolute Gasteiger partial charge is 0.0483 e. The number of hydrogen-bond donors (Lipinski definition) is 1. The summed E-state index contributed by atoms with van der Waals surface area (Å²) in [6.45, 7) is 2.10. The van der Waals surface area contributed by atoms with E-state index in [0.29, 0.717) is 0 Å². The predicted molar refractivity (Wildman–Crippen MR) is 58.3 cm³/mol. The van der Waals surface area contributed by atoms with E-state index in [1.807, 2.05) is 0 Å². The third-order valence-electron chi connectivity index (χ3n) is 3.07. The minimum atomic E-state index is 1.01. The zero-order valence-electron chi connectivity index (χ0n) is 8.38. The predicted octanol–water partition coefficient (Wildman–Crippen LogP) is 1.82. The van der Waals surface area contributed by atoms with Gasteiger partial charge in [-0.1, -0.05) is 12.1 Å². The molecule has 0 amide bonds. The van der Waals surface area contributed by atoms with Crippen LogP contribution in [0.2, 0.25) is 0 Å². The van der Waals surface area contributed by atoms with Gasteiger partial charge in [-0.05, 0) is 30.2 Å². The lowest BCUT2D eigenvalue weighted by atomic mass is 10.1. The van der Waals surface area contributed by atoms with Crippen molar-refractivity contribution in [3.05, 3.63) is 35.5 Å². The highest BCUT2D eigenvalue weighted by Crippen LogP contribution is 2.26. The molecular formula is C12H14N2. The Balaban J connectivity index is 2.42. The molecule has 0 unspecified atom stereocenters. The molecule has 0 aliphatic carbocycles. The standard InChI is InChI=1S/C12H14N2/c1-14-8-10-5-6-13-7-9-3-2-4-11(14)12(9)10/h2-4,8,13H,5-7H2,1H3. The number of hydrogen-bond acceptors (Lipinski definition) is 1. The van der Waals surface area contributed by atoms with Crippen molar-refractivity contribution in [1.29, 1.82) is 0 Å². The summed E-state index contributed by atoms with van der Waals surface area (Å²) in [6, 6.07) is 6.58. The second-order valence-corrected chi connectivity index (χ2v) is 4.00. The molecule has 1 aliphatic rings. The quantitative estimate of drug-likeness (QED) is 0.664. The Morgan fingerprint density at radius 2 is 2.21 bits per heavy atom. The fraction of sp³-hybridized carbons (Fsp3) is 0.333. The summed E-state index contributed by atoms with van der Waals surface area (Å²) in [5.41, 5.74) is 4.29. The van der Waals surface area contributed by atoms with Gasteiger partial charge in [0.2, 0.25) is 0 Å². The Kier molecular flexibility index (Phi) is 1.64. The molecule has 0 spiro atoms. The summed E-state index contributed by atoms with van der Waals surface area (Å²) in [5.74, 6) is 0. The third-order valence-corrected chi connectivity index (χ3v) is 3.07. The molecule has 1 aliphatic heterocycles. The molecule has 72 valence electrons. The number of aromatic nitrogens is 1. The minimum absolute atomic E-state index is 1.01. The Hall–Kier alpha value is -1.28. The van der Waals surface area contributed by atoms with Crippen LogP contribution in [-0.4, -0.2) is 11.1 Å². The average molecular weight is 186 g/mol. The van der Waals surface area contributed by atoms with Gasteiger partial charge in [0, 0.05) is 30.7 Å². The zero-order chi connectivity index (χ0) is 9.54. The van der Waals surface area contributed by atoms with Crippen molar-refractivity contribution in [2.45, 2.75) is 13.0 Å². The Labute approximate surface area is 83.5 Å². The Morgan fingerprint density at radius 3 is 3.14 bits per heavy atom. The Morgan fingerprint density at radius 1 is 1.29 bits per heavy atom. The third kappa shape index (κ3) is 1.01. The molecule has 2 heteroatoms. The minimum Gasteiger partial charge on any atom is -0.350 e. The second-order valence-electron chi connectivity index (χ2n) is 4.00. The van der Waals surface area contributed by atoms with E-state index in [0.717, 1.165) is 19.5 Å². The van der Waals surface area contributed by atoms with Gasteiger partial charge in [-0.2, -0.15) is 0 Å². The largest absolute Gasteiger partial charge is 0.350 e. The van der Waals surface area contributed by atoms with Crippen LogP contribution in [0.1, 0.15) is 11.1 Å². The lowest BCUT2D eigenvalue weighted by molar-refractivity contribution is 0.700. The monoisotopic (exact) mass is 186 g/mol.